The van der Waals surface area contributed by atoms with Crippen molar-refractivity contribution in [1.29, 1.82) is 0 Å². The molecule has 1 unspecified atom stereocenters. The fourth-order valence-electron chi connectivity index (χ4n) is 5.26. The highest BCUT2D eigenvalue weighted by Crippen LogP contribution is 2.36. The summed E-state index contributed by atoms with van der Waals surface area (Å²) in [6.45, 7) is 4.14. The lowest BCUT2D eigenvalue weighted by atomic mass is 10.0. The lowest BCUT2D eigenvalue weighted by Crippen LogP contribution is -2.29. The van der Waals surface area contributed by atoms with Crippen molar-refractivity contribution in [2.45, 2.75) is 32.2 Å². The number of aromatic nitrogens is 1. The van der Waals surface area contributed by atoms with E-state index in [9.17, 15) is 9.59 Å². The van der Waals surface area contributed by atoms with Crippen molar-refractivity contribution in [1.82, 2.24) is 9.88 Å². The van der Waals surface area contributed by atoms with Crippen LogP contribution in [0.3, 0.4) is 0 Å². The van der Waals surface area contributed by atoms with E-state index in [4.69, 9.17) is 5.11 Å². The summed E-state index contributed by atoms with van der Waals surface area (Å²) in [4.78, 5) is 29.9. The monoisotopic (exact) mass is 482 g/mol. The summed E-state index contributed by atoms with van der Waals surface area (Å²) in [5, 5.41) is 15.5. The molecule has 4 aromatic rings. The number of nitrogens with one attached hydrogen (secondary N) is 3. The van der Waals surface area contributed by atoms with Gasteiger partial charge in [-0.1, -0.05) is 43.3 Å². The maximum atomic E-state index is 13.0. The molecule has 3 aromatic carbocycles. The molecule has 36 heavy (non-hydrogen) atoms. The molecule has 1 atom stereocenters. The number of carboxylic acid groups (broad SMARTS) is 1. The Bertz CT molecular complexity index is 1410. The predicted octanol–water partition coefficient (Wildman–Crippen LogP) is 6.06. The van der Waals surface area contributed by atoms with Gasteiger partial charge in [0.15, 0.2) is 0 Å². The van der Waals surface area contributed by atoms with Crippen LogP contribution in [-0.4, -0.2) is 40.1 Å². The summed E-state index contributed by atoms with van der Waals surface area (Å²) in [5.41, 5.74) is 6.35. The lowest BCUT2D eigenvalue weighted by molar-refractivity contribution is 0.102. The average molecular weight is 483 g/mol. The predicted molar refractivity (Wildman–Crippen MR) is 143 cm³/mol. The minimum atomic E-state index is -1.18. The Hall–Kier alpha value is -4.10. The fourth-order valence-corrected chi connectivity index (χ4v) is 5.26. The number of hydrogen-bond donors (Lipinski definition) is 4. The minimum Gasteiger partial charge on any atom is -0.465 e. The van der Waals surface area contributed by atoms with Crippen LogP contribution in [0.4, 0.5) is 16.2 Å². The number of para-hydroxylation sites is 3. The van der Waals surface area contributed by atoms with E-state index in [2.05, 4.69) is 64.0 Å². The van der Waals surface area contributed by atoms with Gasteiger partial charge in [-0.3, -0.25) is 15.0 Å². The van der Waals surface area contributed by atoms with E-state index in [1.54, 1.807) is 24.3 Å². The second kappa shape index (κ2) is 10.3. The van der Waals surface area contributed by atoms with Gasteiger partial charge in [0, 0.05) is 35.2 Å². The summed E-state index contributed by atoms with van der Waals surface area (Å²) in [7, 11) is 0. The lowest BCUT2D eigenvalue weighted by Gasteiger charge is -2.28. The zero-order chi connectivity index (χ0) is 25.1. The molecular formula is C29H30N4O3. The van der Waals surface area contributed by atoms with Crippen molar-refractivity contribution in [3.8, 4) is 0 Å². The number of fused-ring (bicyclic) bond motifs is 2. The number of likely N-dealkylation sites (N-methyl/N-ethyl adjacent to an activating group) is 1. The maximum absolute atomic E-state index is 13.0. The largest absolute Gasteiger partial charge is 0.465 e. The molecule has 2 amide bonds. The van der Waals surface area contributed by atoms with E-state index in [1.165, 1.54) is 27.6 Å². The molecular weight excluding hydrogens is 452 g/mol. The second-order valence-corrected chi connectivity index (χ2v) is 9.14. The van der Waals surface area contributed by atoms with Gasteiger partial charge in [-0.15, -0.1) is 0 Å². The van der Waals surface area contributed by atoms with Crippen LogP contribution < -0.4 is 10.6 Å². The van der Waals surface area contributed by atoms with Crippen LogP contribution in [0.1, 0.15) is 46.4 Å². The first-order valence-corrected chi connectivity index (χ1v) is 12.4. The molecule has 1 aromatic heterocycles. The number of H-pyrrole nitrogens is 1. The van der Waals surface area contributed by atoms with Crippen molar-refractivity contribution < 1.29 is 14.7 Å². The Balaban J connectivity index is 1.28. The van der Waals surface area contributed by atoms with Crippen molar-refractivity contribution in [3.05, 3.63) is 95.2 Å². The highest BCUT2D eigenvalue weighted by Gasteiger charge is 2.28. The number of anilines is 2. The van der Waals surface area contributed by atoms with Crippen LogP contribution in [-0.2, 0) is 12.8 Å². The summed E-state index contributed by atoms with van der Waals surface area (Å²) in [6, 6.07) is 21.5. The number of nitrogens with zero attached hydrogens (tertiary/aromatic N) is 1. The Kier molecular flexibility index (Phi) is 6.73. The Morgan fingerprint density at radius 1 is 1.03 bits per heavy atom. The van der Waals surface area contributed by atoms with Gasteiger partial charge < -0.3 is 15.4 Å². The smallest absolute Gasteiger partial charge is 0.409 e. The fraction of sp³-hybridized carbons (Fsp3) is 0.241. The van der Waals surface area contributed by atoms with Gasteiger partial charge in [0.25, 0.3) is 5.91 Å². The van der Waals surface area contributed by atoms with Gasteiger partial charge in [0.2, 0.25) is 0 Å². The number of aromatic amines is 1. The maximum Gasteiger partial charge on any atom is 0.409 e. The Morgan fingerprint density at radius 2 is 1.78 bits per heavy atom. The van der Waals surface area contributed by atoms with Gasteiger partial charge in [-0.25, -0.2) is 4.79 Å². The first-order valence-electron chi connectivity index (χ1n) is 12.4. The third-order valence-electron chi connectivity index (χ3n) is 7.06. The highest BCUT2D eigenvalue weighted by atomic mass is 16.4. The van der Waals surface area contributed by atoms with Crippen LogP contribution in [0, 0.1) is 0 Å². The number of carbonyl (C=O) groups excluding carboxylic acids is 1. The minimum absolute atomic E-state index is 0.257. The van der Waals surface area contributed by atoms with Crippen LogP contribution in [0.25, 0.3) is 10.9 Å². The second-order valence-electron chi connectivity index (χ2n) is 9.14. The number of carbonyl (C=O) groups is 2. The number of benzene rings is 3. The first-order chi connectivity index (χ1) is 17.5. The van der Waals surface area contributed by atoms with Crippen LogP contribution in [0.2, 0.25) is 0 Å². The number of hydrogen-bond acceptors (Lipinski definition) is 3. The zero-order valence-electron chi connectivity index (χ0n) is 20.3. The molecule has 4 N–H and O–H groups in total. The third-order valence-corrected chi connectivity index (χ3v) is 7.06. The molecule has 184 valence electrons. The summed E-state index contributed by atoms with van der Waals surface area (Å²) in [5.74, 6) is -0.257. The van der Waals surface area contributed by atoms with E-state index in [1.807, 2.05) is 12.1 Å². The standard InChI is InChI=1S/C29H30N4O3/c1-2-33(16-15-21-18-30-24-8-4-3-7-22(21)24)27-14-12-19-17-20(11-13-23(19)27)28(34)31-25-9-5-6-10-26(25)32-29(35)36/h3-11,13,17-18,27,30,32H,2,12,14-16H2,1H3,(H,31,34)(H,35,36). The molecule has 0 radical (unpaired) electrons. The topological polar surface area (TPSA) is 97.5 Å². The third kappa shape index (κ3) is 4.83. The molecule has 5 rings (SSSR count). The average Bonchev–Trinajstić information content (AvgIpc) is 3.49. The highest BCUT2D eigenvalue weighted by molar-refractivity contribution is 6.07. The summed E-state index contributed by atoms with van der Waals surface area (Å²) in [6.07, 6.45) is 3.89. The van der Waals surface area contributed by atoms with Crippen molar-refractivity contribution >= 4 is 34.3 Å². The molecule has 1 aliphatic carbocycles. The number of amides is 2. The van der Waals surface area contributed by atoms with Gasteiger partial charge in [0.1, 0.15) is 0 Å². The molecule has 0 fully saturated rings. The summed E-state index contributed by atoms with van der Waals surface area (Å²) >= 11 is 0. The molecule has 7 heteroatoms. The van der Waals surface area contributed by atoms with E-state index in [0.717, 1.165) is 32.4 Å². The first kappa shape index (κ1) is 23.6. The van der Waals surface area contributed by atoms with E-state index < -0.39 is 6.09 Å². The molecule has 7 nitrogen and oxygen atoms in total. The van der Waals surface area contributed by atoms with Gasteiger partial charge in [-0.2, -0.15) is 0 Å². The zero-order valence-corrected chi connectivity index (χ0v) is 20.3. The van der Waals surface area contributed by atoms with Gasteiger partial charge >= 0.3 is 6.09 Å². The number of rotatable bonds is 8. The Labute approximate surface area is 210 Å². The van der Waals surface area contributed by atoms with Crippen molar-refractivity contribution in [2.24, 2.45) is 0 Å². The van der Waals surface area contributed by atoms with Crippen molar-refractivity contribution in [3.63, 3.8) is 0 Å². The molecule has 1 heterocycles. The molecule has 0 spiro atoms. The van der Waals surface area contributed by atoms with Crippen LogP contribution in [0.15, 0.2) is 72.9 Å². The molecule has 1 aliphatic rings. The SMILES string of the molecule is CCN(CCc1c[nH]c2ccccc12)C1CCc2cc(C(=O)Nc3ccccc3NC(=O)O)ccc21. The normalized spacial score (nSPS) is 14.7. The van der Waals surface area contributed by atoms with Gasteiger partial charge in [-0.05, 0) is 72.8 Å². The molecule has 0 bridgehead atoms. The van der Waals surface area contributed by atoms with Crippen LogP contribution >= 0.6 is 0 Å². The quantitative estimate of drug-likeness (QED) is 0.245. The molecule has 0 saturated carbocycles. The Morgan fingerprint density at radius 3 is 2.56 bits per heavy atom. The van der Waals surface area contributed by atoms with E-state index >= 15 is 0 Å². The van der Waals surface area contributed by atoms with E-state index in [0.29, 0.717) is 23.0 Å². The van der Waals surface area contributed by atoms with Crippen molar-refractivity contribution in [2.75, 3.05) is 23.7 Å². The molecule has 0 saturated heterocycles. The van der Waals surface area contributed by atoms with Crippen LogP contribution in [0.5, 0.6) is 0 Å². The van der Waals surface area contributed by atoms with E-state index in [-0.39, 0.29) is 5.91 Å². The number of aryl methyl sites for hydroxylation is 1. The summed E-state index contributed by atoms with van der Waals surface area (Å²) < 4.78 is 0. The van der Waals surface area contributed by atoms with Gasteiger partial charge in [0.05, 0.1) is 11.4 Å². The molecule has 0 aliphatic heterocycles.